The summed E-state index contributed by atoms with van der Waals surface area (Å²) in [4.78, 5) is 2.34. The number of likely N-dealkylation sites (tertiary alicyclic amines) is 1. The maximum atomic E-state index is 13.1. The molecular formula is C14H19ClFN3S. The molecule has 1 aliphatic heterocycles. The number of hydrogen-bond donors (Lipinski definition) is 2. The Bertz CT molecular complexity index is 483. The van der Waals surface area contributed by atoms with Crippen molar-refractivity contribution in [1.29, 1.82) is 0 Å². The van der Waals surface area contributed by atoms with Gasteiger partial charge >= 0.3 is 0 Å². The van der Waals surface area contributed by atoms with Crippen molar-refractivity contribution in [2.45, 2.75) is 12.8 Å². The lowest BCUT2D eigenvalue weighted by Gasteiger charge is -2.30. The van der Waals surface area contributed by atoms with Crippen LogP contribution in [0.25, 0.3) is 0 Å². The number of piperidine rings is 1. The monoisotopic (exact) mass is 315 g/mol. The number of rotatable bonds is 3. The third-order valence-corrected chi connectivity index (χ3v) is 3.99. The molecule has 1 fully saturated rings. The van der Waals surface area contributed by atoms with Crippen LogP contribution in [-0.2, 0) is 0 Å². The van der Waals surface area contributed by atoms with E-state index in [9.17, 15) is 4.39 Å². The highest BCUT2D eigenvalue weighted by Gasteiger charge is 2.17. The van der Waals surface area contributed by atoms with E-state index < -0.39 is 5.82 Å². The molecule has 0 spiro atoms. The smallest absolute Gasteiger partial charge is 0.170 e. The average Bonchev–Trinajstić information content (AvgIpc) is 2.41. The van der Waals surface area contributed by atoms with Crippen LogP contribution in [0, 0.1) is 11.7 Å². The fourth-order valence-corrected chi connectivity index (χ4v) is 2.81. The van der Waals surface area contributed by atoms with Crippen LogP contribution in [0.3, 0.4) is 0 Å². The lowest BCUT2D eigenvalue weighted by atomic mass is 9.99. The van der Waals surface area contributed by atoms with E-state index >= 15 is 0 Å². The summed E-state index contributed by atoms with van der Waals surface area (Å²) in [5, 5.41) is 6.86. The molecule has 0 radical (unpaired) electrons. The maximum Gasteiger partial charge on any atom is 0.170 e. The Labute approximate surface area is 129 Å². The van der Waals surface area contributed by atoms with E-state index in [1.807, 2.05) is 0 Å². The molecule has 1 aromatic carbocycles. The Morgan fingerprint density at radius 3 is 3.05 bits per heavy atom. The summed E-state index contributed by atoms with van der Waals surface area (Å²) in [5.41, 5.74) is 0.690. The number of benzene rings is 1. The highest BCUT2D eigenvalue weighted by atomic mass is 35.5. The van der Waals surface area contributed by atoms with E-state index in [-0.39, 0.29) is 5.02 Å². The highest BCUT2D eigenvalue weighted by Crippen LogP contribution is 2.19. The van der Waals surface area contributed by atoms with Gasteiger partial charge in [0.25, 0.3) is 0 Å². The minimum absolute atomic E-state index is 0.0895. The molecular weight excluding hydrogens is 297 g/mol. The van der Waals surface area contributed by atoms with Gasteiger partial charge in [0.15, 0.2) is 5.11 Å². The predicted octanol–water partition coefficient (Wildman–Crippen LogP) is 3.11. The van der Waals surface area contributed by atoms with Crippen molar-refractivity contribution >= 4 is 34.6 Å². The zero-order valence-corrected chi connectivity index (χ0v) is 13.0. The molecule has 6 heteroatoms. The molecule has 1 aromatic rings. The molecule has 1 saturated heterocycles. The first-order valence-corrected chi connectivity index (χ1v) is 7.51. The van der Waals surface area contributed by atoms with Crippen LogP contribution in [0.5, 0.6) is 0 Å². The van der Waals surface area contributed by atoms with Crippen LogP contribution in [-0.4, -0.2) is 36.7 Å². The highest BCUT2D eigenvalue weighted by molar-refractivity contribution is 7.80. The van der Waals surface area contributed by atoms with E-state index in [1.165, 1.54) is 31.5 Å². The second-order valence-corrected chi connectivity index (χ2v) is 6.05. The normalized spacial score (nSPS) is 19.6. The Kier molecular flexibility index (Phi) is 5.57. The van der Waals surface area contributed by atoms with Crippen LogP contribution >= 0.6 is 23.8 Å². The van der Waals surface area contributed by atoms with Gasteiger partial charge in [-0.25, -0.2) is 4.39 Å². The number of nitrogens with one attached hydrogen (secondary N) is 2. The van der Waals surface area contributed by atoms with Crippen LogP contribution in [0.15, 0.2) is 18.2 Å². The van der Waals surface area contributed by atoms with E-state index in [2.05, 4.69) is 22.6 Å². The van der Waals surface area contributed by atoms with Gasteiger partial charge in [-0.1, -0.05) is 11.6 Å². The van der Waals surface area contributed by atoms with Gasteiger partial charge in [0.1, 0.15) is 5.82 Å². The molecule has 2 N–H and O–H groups in total. The molecule has 20 heavy (non-hydrogen) atoms. The van der Waals surface area contributed by atoms with Gasteiger partial charge in [-0.05, 0) is 62.8 Å². The van der Waals surface area contributed by atoms with Crippen molar-refractivity contribution in [2.75, 3.05) is 32.0 Å². The quantitative estimate of drug-likeness (QED) is 0.838. The standard InChI is InChI=1S/C14H19ClFN3S/c1-19-6-2-3-10(9-19)8-17-14(20)18-11-4-5-13(16)12(15)7-11/h4-5,7,10H,2-3,6,8-9H2,1H3,(H2,17,18,20)/t10-/m0/s1. The Morgan fingerprint density at radius 1 is 1.55 bits per heavy atom. The van der Waals surface area contributed by atoms with Crippen molar-refractivity contribution in [3.8, 4) is 0 Å². The SMILES string of the molecule is CN1CCC[C@@H](CNC(=S)Nc2ccc(F)c(Cl)c2)C1. The van der Waals surface area contributed by atoms with E-state index in [0.29, 0.717) is 16.7 Å². The second kappa shape index (κ2) is 7.20. The number of hydrogen-bond acceptors (Lipinski definition) is 2. The molecule has 2 rings (SSSR count). The Balaban J connectivity index is 1.78. The molecule has 0 amide bonds. The van der Waals surface area contributed by atoms with E-state index in [1.54, 1.807) is 6.07 Å². The first-order chi connectivity index (χ1) is 9.54. The molecule has 0 aliphatic carbocycles. The van der Waals surface area contributed by atoms with Crippen molar-refractivity contribution in [1.82, 2.24) is 10.2 Å². The van der Waals surface area contributed by atoms with Crippen molar-refractivity contribution < 1.29 is 4.39 Å². The summed E-state index contributed by atoms with van der Waals surface area (Å²) in [7, 11) is 2.14. The second-order valence-electron chi connectivity index (χ2n) is 5.23. The number of nitrogens with zero attached hydrogens (tertiary/aromatic N) is 1. The molecule has 0 bridgehead atoms. The molecule has 110 valence electrons. The van der Waals surface area contributed by atoms with Gasteiger partial charge in [0.2, 0.25) is 0 Å². The molecule has 1 atom stereocenters. The third-order valence-electron chi connectivity index (χ3n) is 3.45. The van der Waals surface area contributed by atoms with Gasteiger partial charge in [-0.2, -0.15) is 0 Å². The topological polar surface area (TPSA) is 27.3 Å². The lowest BCUT2D eigenvalue weighted by molar-refractivity contribution is 0.211. The molecule has 0 unspecified atom stereocenters. The Hall–Kier alpha value is -0.910. The molecule has 3 nitrogen and oxygen atoms in total. The van der Waals surface area contributed by atoms with Gasteiger partial charge in [0, 0.05) is 18.8 Å². The molecule has 0 aromatic heterocycles. The van der Waals surface area contributed by atoms with Crippen LogP contribution in [0.2, 0.25) is 5.02 Å². The van der Waals surface area contributed by atoms with Crippen molar-refractivity contribution in [3.63, 3.8) is 0 Å². The summed E-state index contributed by atoms with van der Waals surface area (Å²) in [6, 6.07) is 4.46. The molecule has 1 aliphatic rings. The fraction of sp³-hybridized carbons (Fsp3) is 0.500. The first kappa shape index (κ1) is 15.5. The van der Waals surface area contributed by atoms with Crippen LogP contribution in [0.1, 0.15) is 12.8 Å². The predicted molar refractivity (Wildman–Crippen MR) is 85.9 cm³/mol. The Morgan fingerprint density at radius 2 is 2.35 bits per heavy atom. The summed E-state index contributed by atoms with van der Waals surface area (Å²) >= 11 is 11.0. The first-order valence-electron chi connectivity index (χ1n) is 6.73. The van der Waals surface area contributed by atoms with E-state index in [4.69, 9.17) is 23.8 Å². The zero-order chi connectivity index (χ0) is 14.5. The zero-order valence-electron chi connectivity index (χ0n) is 11.5. The average molecular weight is 316 g/mol. The van der Waals surface area contributed by atoms with Crippen molar-refractivity contribution in [2.24, 2.45) is 5.92 Å². The lowest BCUT2D eigenvalue weighted by Crippen LogP contribution is -2.40. The fourth-order valence-electron chi connectivity index (χ4n) is 2.43. The summed E-state index contributed by atoms with van der Waals surface area (Å²) in [6.07, 6.45) is 2.46. The minimum Gasteiger partial charge on any atom is -0.362 e. The minimum atomic E-state index is -0.429. The van der Waals surface area contributed by atoms with Gasteiger partial charge < -0.3 is 15.5 Å². The molecule has 0 saturated carbocycles. The van der Waals surface area contributed by atoms with E-state index in [0.717, 1.165) is 13.1 Å². The molecule has 1 heterocycles. The summed E-state index contributed by atoms with van der Waals surface area (Å²) < 4.78 is 13.1. The largest absolute Gasteiger partial charge is 0.362 e. The number of anilines is 1. The summed E-state index contributed by atoms with van der Waals surface area (Å²) in [6.45, 7) is 3.12. The summed E-state index contributed by atoms with van der Waals surface area (Å²) in [5.74, 6) is 0.187. The van der Waals surface area contributed by atoms with Crippen LogP contribution < -0.4 is 10.6 Å². The van der Waals surface area contributed by atoms with Crippen molar-refractivity contribution in [3.05, 3.63) is 29.0 Å². The third kappa shape index (κ3) is 4.58. The maximum absolute atomic E-state index is 13.1. The number of halogens is 2. The van der Waals surface area contributed by atoms with Gasteiger partial charge in [-0.15, -0.1) is 0 Å². The van der Waals surface area contributed by atoms with Gasteiger partial charge in [-0.3, -0.25) is 0 Å². The number of thiocarbonyl (C=S) groups is 1. The van der Waals surface area contributed by atoms with Gasteiger partial charge in [0.05, 0.1) is 5.02 Å². The van der Waals surface area contributed by atoms with Crippen LogP contribution in [0.4, 0.5) is 10.1 Å².